The fraction of sp³-hybridized carbons (Fsp3) is 0.333. The Morgan fingerprint density at radius 3 is 1.69 bits per heavy atom. The molecule has 2 amide bonds. The van der Waals surface area contributed by atoms with E-state index in [1.165, 1.54) is 20.9 Å². The lowest BCUT2D eigenvalue weighted by atomic mass is 10.0. The van der Waals surface area contributed by atoms with Crippen molar-refractivity contribution in [1.29, 1.82) is 0 Å². The molecule has 0 spiro atoms. The number of amides is 2. The number of hydrogen-bond donors (Lipinski definition) is 4. The summed E-state index contributed by atoms with van der Waals surface area (Å²) < 4.78 is 3.53. The highest BCUT2D eigenvalue weighted by atomic mass is 16.4. The zero-order chi connectivity index (χ0) is 38.3. The summed E-state index contributed by atoms with van der Waals surface area (Å²) in [4.78, 5) is 59.0. The molecule has 0 saturated carbocycles. The Hall–Kier alpha value is -6.08. The van der Waals surface area contributed by atoms with Crippen LogP contribution in [0.15, 0.2) is 119 Å². The van der Waals surface area contributed by atoms with Crippen LogP contribution in [0.2, 0.25) is 0 Å². The monoisotopic (exact) mass is 745 g/mol. The number of H-pyrrole nitrogens is 2. The maximum atomic E-state index is 12.9. The third-order valence-electron chi connectivity index (χ3n) is 10.9. The molecule has 0 radical (unpaired) electrons. The molecule has 6 aromatic rings. The molecule has 286 valence electrons. The maximum absolute atomic E-state index is 12.9. The molecule has 2 aromatic heterocycles. The van der Waals surface area contributed by atoms with E-state index in [1.807, 2.05) is 60.7 Å². The number of nitrogens with one attached hydrogen (secondary N) is 2. The molecule has 4 aromatic carbocycles. The van der Waals surface area contributed by atoms with E-state index in [2.05, 4.69) is 63.4 Å². The number of piperidine rings is 1. The van der Waals surface area contributed by atoms with Gasteiger partial charge < -0.3 is 30.0 Å². The minimum atomic E-state index is -0.916. The van der Waals surface area contributed by atoms with Gasteiger partial charge in [-0.25, -0.2) is 19.2 Å². The Balaban J connectivity index is 0.000000205. The van der Waals surface area contributed by atoms with Crippen LogP contribution in [0.1, 0.15) is 55.3 Å². The smallest absolute Gasteiger partial charge is 0.407 e. The summed E-state index contributed by atoms with van der Waals surface area (Å²) in [7, 11) is 0. The van der Waals surface area contributed by atoms with Crippen molar-refractivity contribution >= 4 is 34.3 Å². The first-order chi connectivity index (χ1) is 26.8. The van der Waals surface area contributed by atoms with Crippen molar-refractivity contribution in [2.24, 2.45) is 0 Å². The van der Waals surface area contributed by atoms with Gasteiger partial charge in [-0.2, -0.15) is 0 Å². The van der Waals surface area contributed by atoms with E-state index in [0.29, 0.717) is 45.3 Å². The first-order valence-corrected chi connectivity index (χ1v) is 18.9. The lowest BCUT2D eigenvalue weighted by Gasteiger charge is -2.30. The SMILES string of the molecule is O=C(O)N1CCC(n2c(=O)[nH]c3ccccc32)CC1.O=C(O)N1CCC(n2c(=O)[nH]c3ccccc32)[C@@H]1CCCN(Cc1ccccc1)Cc1ccccc1. The minimum absolute atomic E-state index is 0.0687. The van der Waals surface area contributed by atoms with E-state index in [1.54, 1.807) is 9.13 Å². The van der Waals surface area contributed by atoms with Crippen molar-refractivity contribution in [3.63, 3.8) is 0 Å². The average molecular weight is 746 g/mol. The third-order valence-corrected chi connectivity index (χ3v) is 10.9. The van der Waals surface area contributed by atoms with Gasteiger partial charge >= 0.3 is 23.6 Å². The Bertz CT molecular complexity index is 2280. The zero-order valence-electron chi connectivity index (χ0n) is 30.7. The highest BCUT2D eigenvalue weighted by Crippen LogP contribution is 2.33. The molecule has 1 unspecified atom stereocenters. The van der Waals surface area contributed by atoms with Gasteiger partial charge in [0.25, 0.3) is 0 Å². The molecule has 8 rings (SSSR count). The normalized spacial score (nSPS) is 17.5. The Morgan fingerprint density at radius 1 is 0.636 bits per heavy atom. The number of aromatic amines is 2. The molecule has 0 bridgehead atoms. The van der Waals surface area contributed by atoms with Gasteiger partial charge in [-0.1, -0.05) is 84.9 Å². The van der Waals surface area contributed by atoms with Crippen molar-refractivity contribution in [2.45, 2.75) is 63.3 Å². The van der Waals surface area contributed by atoms with E-state index < -0.39 is 12.2 Å². The molecular formula is C42H47N7O6. The van der Waals surface area contributed by atoms with Crippen LogP contribution in [-0.2, 0) is 13.1 Å². The molecule has 55 heavy (non-hydrogen) atoms. The van der Waals surface area contributed by atoms with Crippen LogP contribution < -0.4 is 11.4 Å². The van der Waals surface area contributed by atoms with E-state index >= 15 is 0 Å². The molecule has 0 aliphatic carbocycles. The summed E-state index contributed by atoms with van der Waals surface area (Å²) in [5, 5.41) is 18.8. The van der Waals surface area contributed by atoms with Crippen LogP contribution in [0.4, 0.5) is 9.59 Å². The second kappa shape index (κ2) is 16.9. The van der Waals surface area contributed by atoms with E-state index in [4.69, 9.17) is 5.11 Å². The average Bonchev–Trinajstić information content (AvgIpc) is 3.87. The first-order valence-electron chi connectivity index (χ1n) is 18.9. The molecular weight excluding hydrogens is 699 g/mol. The van der Waals surface area contributed by atoms with Gasteiger partial charge in [0, 0.05) is 38.8 Å². The Labute approximate surface area is 318 Å². The first kappa shape index (κ1) is 37.2. The summed E-state index contributed by atoms with van der Waals surface area (Å²) >= 11 is 0. The van der Waals surface area contributed by atoms with E-state index in [0.717, 1.165) is 48.1 Å². The largest absolute Gasteiger partial charge is 0.465 e. The number of likely N-dealkylation sites (tertiary alicyclic amines) is 2. The minimum Gasteiger partial charge on any atom is -0.465 e. The van der Waals surface area contributed by atoms with Crippen molar-refractivity contribution in [1.82, 2.24) is 33.8 Å². The molecule has 2 saturated heterocycles. The molecule has 2 aliphatic heterocycles. The van der Waals surface area contributed by atoms with E-state index in [-0.39, 0.29) is 29.5 Å². The second-order valence-electron chi connectivity index (χ2n) is 14.4. The Morgan fingerprint density at radius 2 is 1.15 bits per heavy atom. The van der Waals surface area contributed by atoms with Crippen LogP contribution in [0.3, 0.4) is 0 Å². The number of carbonyl (C=O) groups is 2. The molecule has 2 fully saturated rings. The summed E-state index contributed by atoms with van der Waals surface area (Å²) in [5.74, 6) is 0. The number of aromatic nitrogens is 4. The summed E-state index contributed by atoms with van der Waals surface area (Å²) in [5.41, 5.74) is 5.55. The van der Waals surface area contributed by atoms with Gasteiger partial charge in [0.05, 0.1) is 34.2 Å². The zero-order valence-corrected chi connectivity index (χ0v) is 30.7. The predicted octanol–water partition coefficient (Wildman–Crippen LogP) is 6.75. The summed E-state index contributed by atoms with van der Waals surface area (Å²) in [6.45, 7) is 3.89. The van der Waals surface area contributed by atoms with Crippen LogP contribution >= 0.6 is 0 Å². The number of imidazole rings is 2. The highest BCUT2D eigenvalue weighted by Gasteiger charge is 2.39. The van der Waals surface area contributed by atoms with Crippen LogP contribution in [0.25, 0.3) is 22.1 Å². The lowest BCUT2D eigenvalue weighted by molar-refractivity contribution is 0.125. The third kappa shape index (κ3) is 8.52. The van der Waals surface area contributed by atoms with Crippen molar-refractivity contribution in [2.75, 3.05) is 26.2 Å². The van der Waals surface area contributed by atoms with Crippen LogP contribution in [0.5, 0.6) is 0 Å². The number of carboxylic acid groups (broad SMARTS) is 2. The van der Waals surface area contributed by atoms with Gasteiger partial charge in [0.2, 0.25) is 0 Å². The number of benzene rings is 4. The van der Waals surface area contributed by atoms with Gasteiger partial charge in [0.1, 0.15) is 0 Å². The quantitative estimate of drug-likeness (QED) is 0.121. The Kier molecular flexibility index (Phi) is 11.5. The fourth-order valence-electron chi connectivity index (χ4n) is 8.30. The predicted molar refractivity (Wildman–Crippen MR) is 211 cm³/mol. The number of nitrogens with zero attached hydrogens (tertiary/aromatic N) is 5. The molecule has 13 nitrogen and oxygen atoms in total. The van der Waals surface area contributed by atoms with Crippen LogP contribution in [0, 0.1) is 0 Å². The van der Waals surface area contributed by atoms with Gasteiger partial charge in [-0.15, -0.1) is 0 Å². The lowest BCUT2D eigenvalue weighted by Crippen LogP contribution is -2.39. The summed E-state index contributed by atoms with van der Waals surface area (Å²) in [6.07, 6.45) is 1.72. The highest BCUT2D eigenvalue weighted by molar-refractivity contribution is 5.76. The maximum Gasteiger partial charge on any atom is 0.407 e. The fourth-order valence-corrected chi connectivity index (χ4v) is 8.30. The van der Waals surface area contributed by atoms with Crippen molar-refractivity contribution < 1.29 is 19.8 Å². The second-order valence-corrected chi connectivity index (χ2v) is 14.4. The van der Waals surface area contributed by atoms with Crippen molar-refractivity contribution in [3.05, 3.63) is 141 Å². The van der Waals surface area contributed by atoms with E-state index in [9.17, 15) is 24.3 Å². The molecule has 4 N–H and O–H groups in total. The number of rotatable bonds is 10. The molecule has 4 heterocycles. The number of fused-ring (bicyclic) bond motifs is 2. The van der Waals surface area contributed by atoms with Crippen molar-refractivity contribution in [3.8, 4) is 0 Å². The molecule has 2 atom stereocenters. The molecule has 2 aliphatic rings. The number of para-hydroxylation sites is 4. The van der Waals surface area contributed by atoms with Gasteiger partial charge in [-0.05, 0) is 74.0 Å². The standard InChI is InChI=1S/C29H32N4O3.C13H15N3O3/c34-28-30-24-14-7-8-15-25(24)33(28)27-17-19-32(29(35)36)26(27)16-9-18-31(20-22-10-3-1-4-11-22)21-23-12-5-2-6-13-23;17-12-14-10-3-1-2-4-11(10)16(12)9-5-7-15(8-6-9)13(18)19/h1-8,10-15,26-27H,9,16-21H2,(H,30,34)(H,35,36);1-4,9H,5-8H2,(H,14,17)(H,18,19)/t26-,27?;/m0./s1. The molecule has 13 heteroatoms. The van der Waals surface area contributed by atoms with Crippen LogP contribution in [-0.4, -0.2) is 88.4 Å². The number of hydrogen-bond acceptors (Lipinski definition) is 5. The van der Waals surface area contributed by atoms with Gasteiger partial charge in [-0.3, -0.25) is 14.0 Å². The topological polar surface area (TPSA) is 160 Å². The van der Waals surface area contributed by atoms with Gasteiger partial charge in [0.15, 0.2) is 0 Å². The summed E-state index contributed by atoms with van der Waals surface area (Å²) in [6, 6.07) is 35.7.